The van der Waals surface area contributed by atoms with Crippen LogP contribution in [0.4, 0.5) is 18.9 Å². The number of halogens is 3. The molecule has 0 fully saturated rings. The Hall–Kier alpha value is -2.56. The van der Waals surface area contributed by atoms with Crippen LogP contribution in [-0.4, -0.2) is 18.5 Å². The summed E-state index contributed by atoms with van der Waals surface area (Å²) in [5, 5.41) is 0. The Morgan fingerprint density at radius 2 is 1.59 bits per heavy atom. The average molecular weight is 403 g/mol. The molecule has 0 aromatic heterocycles. The summed E-state index contributed by atoms with van der Waals surface area (Å²) in [6.07, 6.45) is 0.492. The molecule has 0 saturated heterocycles. The van der Waals surface area contributed by atoms with Crippen molar-refractivity contribution in [2.45, 2.75) is 45.7 Å². The lowest BCUT2D eigenvalue weighted by atomic mass is 9.97. The standard InChI is InChI=1S/C24H28F3NO/c1-3-5-12-19(4-2)17-28(21-15-10-7-11-16-21)18-22(23(29)24(25,26)27)20-13-8-6-9-14-20/h6-11,13-16,18-19H,3-5,12,17H2,1-2H3/b22-18-. The third kappa shape index (κ3) is 6.77. The molecule has 156 valence electrons. The molecule has 0 amide bonds. The fraction of sp³-hybridized carbons (Fsp3) is 0.375. The van der Waals surface area contributed by atoms with Crippen molar-refractivity contribution in [2.24, 2.45) is 5.92 Å². The molecule has 2 rings (SSSR count). The average Bonchev–Trinajstić information content (AvgIpc) is 2.73. The number of ketones is 1. The van der Waals surface area contributed by atoms with Crippen LogP contribution < -0.4 is 4.90 Å². The monoisotopic (exact) mass is 403 g/mol. The maximum Gasteiger partial charge on any atom is 0.454 e. The minimum absolute atomic E-state index is 0.261. The van der Waals surface area contributed by atoms with Gasteiger partial charge in [0.1, 0.15) is 0 Å². The molecular weight excluding hydrogens is 375 g/mol. The molecule has 1 unspecified atom stereocenters. The highest BCUT2D eigenvalue weighted by atomic mass is 19.4. The molecule has 0 spiro atoms. The van der Waals surface area contributed by atoms with Crippen molar-refractivity contribution in [3.63, 3.8) is 0 Å². The van der Waals surface area contributed by atoms with E-state index in [-0.39, 0.29) is 11.1 Å². The highest BCUT2D eigenvalue weighted by molar-refractivity contribution is 6.23. The topological polar surface area (TPSA) is 20.3 Å². The Morgan fingerprint density at radius 1 is 1.00 bits per heavy atom. The maximum atomic E-state index is 13.3. The Morgan fingerprint density at radius 3 is 2.10 bits per heavy atom. The third-order valence-electron chi connectivity index (χ3n) is 4.96. The number of carbonyl (C=O) groups is 1. The van der Waals surface area contributed by atoms with E-state index in [1.807, 2.05) is 30.3 Å². The smallest absolute Gasteiger partial charge is 0.347 e. The number of carbonyl (C=O) groups excluding carboxylic acids is 1. The van der Waals surface area contributed by atoms with E-state index >= 15 is 0 Å². The number of allylic oxidation sites excluding steroid dienone is 1. The number of hydrogen-bond acceptors (Lipinski definition) is 2. The van der Waals surface area contributed by atoms with Crippen molar-refractivity contribution in [1.29, 1.82) is 0 Å². The van der Waals surface area contributed by atoms with Crippen molar-refractivity contribution in [3.05, 3.63) is 72.4 Å². The molecule has 2 aromatic rings. The number of unbranched alkanes of at least 4 members (excludes halogenated alkanes) is 1. The van der Waals surface area contributed by atoms with Crippen LogP contribution in [0.2, 0.25) is 0 Å². The number of benzene rings is 2. The molecule has 0 radical (unpaired) electrons. The summed E-state index contributed by atoms with van der Waals surface area (Å²) < 4.78 is 40.0. The molecule has 0 saturated carbocycles. The Bertz CT molecular complexity index is 785. The zero-order valence-corrected chi connectivity index (χ0v) is 17.0. The predicted octanol–water partition coefficient (Wildman–Crippen LogP) is 6.88. The first-order valence-corrected chi connectivity index (χ1v) is 10.1. The van der Waals surface area contributed by atoms with E-state index in [0.29, 0.717) is 12.5 Å². The van der Waals surface area contributed by atoms with Gasteiger partial charge in [0, 0.05) is 18.4 Å². The Labute approximate surface area is 171 Å². The van der Waals surface area contributed by atoms with Gasteiger partial charge < -0.3 is 4.90 Å². The van der Waals surface area contributed by atoms with Crippen LogP contribution in [0.25, 0.3) is 5.57 Å². The number of para-hydroxylation sites is 1. The summed E-state index contributed by atoms with van der Waals surface area (Å²) in [6.45, 7) is 4.77. The largest absolute Gasteiger partial charge is 0.454 e. The molecule has 0 heterocycles. The second-order valence-corrected chi connectivity index (χ2v) is 7.14. The van der Waals surface area contributed by atoms with Gasteiger partial charge in [0.05, 0.1) is 5.57 Å². The molecule has 2 aromatic carbocycles. The van der Waals surface area contributed by atoms with Crippen molar-refractivity contribution < 1.29 is 18.0 Å². The zero-order chi connectivity index (χ0) is 21.3. The number of nitrogens with zero attached hydrogens (tertiary/aromatic N) is 1. The lowest BCUT2D eigenvalue weighted by Gasteiger charge is -2.27. The summed E-state index contributed by atoms with van der Waals surface area (Å²) in [6, 6.07) is 17.3. The number of hydrogen-bond donors (Lipinski definition) is 0. The Balaban J connectivity index is 2.49. The van der Waals surface area contributed by atoms with Gasteiger partial charge in [-0.15, -0.1) is 0 Å². The molecule has 1 atom stereocenters. The van der Waals surface area contributed by atoms with Crippen LogP contribution in [-0.2, 0) is 4.79 Å². The zero-order valence-electron chi connectivity index (χ0n) is 17.0. The lowest BCUT2D eigenvalue weighted by molar-refractivity contribution is -0.164. The van der Waals surface area contributed by atoms with Crippen molar-refractivity contribution in [3.8, 4) is 0 Å². The summed E-state index contributed by atoms with van der Waals surface area (Å²) >= 11 is 0. The molecular formula is C24H28F3NO. The summed E-state index contributed by atoms with van der Waals surface area (Å²) in [7, 11) is 0. The van der Waals surface area contributed by atoms with Crippen LogP contribution in [0, 0.1) is 5.92 Å². The predicted molar refractivity (Wildman–Crippen MR) is 113 cm³/mol. The second-order valence-electron chi connectivity index (χ2n) is 7.14. The quantitative estimate of drug-likeness (QED) is 0.403. The number of Topliss-reactive ketones (excluding diaryl/α,β-unsaturated/α-hetero) is 1. The van der Waals surface area contributed by atoms with Gasteiger partial charge in [0.2, 0.25) is 0 Å². The van der Waals surface area contributed by atoms with E-state index in [4.69, 9.17) is 0 Å². The van der Waals surface area contributed by atoms with Gasteiger partial charge >= 0.3 is 6.18 Å². The first kappa shape index (κ1) is 22.7. The van der Waals surface area contributed by atoms with Gasteiger partial charge in [-0.2, -0.15) is 13.2 Å². The highest BCUT2D eigenvalue weighted by Gasteiger charge is 2.41. The number of alkyl halides is 3. The van der Waals surface area contributed by atoms with Crippen LogP contribution in [0.5, 0.6) is 0 Å². The molecule has 0 aliphatic heterocycles. The van der Waals surface area contributed by atoms with Gasteiger partial charge in [-0.25, -0.2) is 0 Å². The first-order chi connectivity index (χ1) is 13.9. The van der Waals surface area contributed by atoms with Crippen LogP contribution in [0.1, 0.15) is 45.1 Å². The molecule has 0 aliphatic carbocycles. The maximum absolute atomic E-state index is 13.3. The normalized spacial score (nSPS) is 13.2. The molecule has 0 N–H and O–H groups in total. The van der Waals surface area contributed by atoms with E-state index in [1.54, 1.807) is 23.1 Å². The van der Waals surface area contributed by atoms with Gasteiger partial charge in [0.25, 0.3) is 5.78 Å². The minimum Gasteiger partial charge on any atom is -0.347 e. The fourth-order valence-electron chi connectivity index (χ4n) is 3.24. The van der Waals surface area contributed by atoms with Crippen molar-refractivity contribution >= 4 is 17.0 Å². The van der Waals surface area contributed by atoms with Crippen molar-refractivity contribution in [1.82, 2.24) is 0 Å². The summed E-state index contributed by atoms with van der Waals surface area (Å²) in [5.74, 6) is -1.50. The molecule has 0 aliphatic rings. The SMILES string of the molecule is CCCCC(CC)CN(/C=C(\C(=O)C(F)(F)F)c1ccccc1)c1ccccc1. The van der Waals surface area contributed by atoms with Gasteiger partial charge in [0.15, 0.2) is 0 Å². The highest BCUT2D eigenvalue weighted by Crippen LogP contribution is 2.29. The van der Waals surface area contributed by atoms with Gasteiger partial charge in [-0.05, 0) is 30.0 Å². The third-order valence-corrected chi connectivity index (χ3v) is 4.96. The molecule has 2 nitrogen and oxygen atoms in total. The van der Waals surface area contributed by atoms with E-state index in [1.165, 1.54) is 18.3 Å². The van der Waals surface area contributed by atoms with Crippen molar-refractivity contribution in [2.75, 3.05) is 11.4 Å². The summed E-state index contributed by atoms with van der Waals surface area (Å²) in [4.78, 5) is 14.0. The van der Waals surface area contributed by atoms with E-state index < -0.39 is 12.0 Å². The van der Waals surface area contributed by atoms with E-state index in [2.05, 4.69) is 13.8 Å². The molecule has 29 heavy (non-hydrogen) atoms. The van der Waals surface area contributed by atoms with Gasteiger partial charge in [-0.1, -0.05) is 81.6 Å². The van der Waals surface area contributed by atoms with E-state index in [0.717, 1.165) is 31.4 Å². The first-order valence-electron chi connectivity index (χ1n) is 10.1. The molecule has 0 bridgehead atoms. The van der Waals surface area contributed by atoms with Crippen LogP contribution in [0.15, 0.2) is 66.9 Å². The fourth-order valence-corrected chi connectivity index (χ4v) is 3.24. The Kier molecular flexibility index (Phi) is 8.50. The van der Waals surface area contributed by atoms with E-state index in [9.17, 15) is 18.0 Å². The summed E-state index contributed by atoms with van der Waals surface area (Å²) in [5.41, 5.74) is 0.690. The van der Waals surface area contributed by atoms with Crippen LogP contribution >= 0.6 is 0 Å². The second kappa shape index (κ2) is 10.8. The van der Waals surface area contributed by atoms with Gasteiger partial charge in [-0.3, -0.25) is 4.79 Å². The number of rotatable bonds is 10. The van der Waals surface area contributed by atoms with Crippen LogP contribution in [0.3, 0.4) is 0 Å². The molecule has 5 heteroatoms. The minimum atomic E-state index is -4.93. The lowest BCUT2D eigenvalue weighted by Crippen LogP contribution is -2.29. The number of anilines is 1.